The predicted octanol–water partition coefficient (Wildman–Crippen LogP) is 0.644. The maximum atomic E-state index is 12.5. The van der Waals surface area contributed by atoms with E-state index in [1.54, 1.807) is 6.92 Å². The number of nitrogens with one attached hydrogen (secondary N) is 2. The fourth-order valence-corrected chi connectivity index (χ4v) is 4.13. The minimum atomic E-state index is -3.53. The van der Waals surface area contributed by atoms with Crippen LogP contribution in [0.2, 0.25) is 0 Å². The maximum absolute atomic E-state index is 12.5. The summed E-state index contributed by atoms with van der Waals surface area (Å²) < 4.78 is 26.4. The molecule has 142 valence electrons. The minimum absolute atomic E-state index is 0.0629. The van der Waals surface area contributed by atoms with Crippen LogP contribution in [-0.4, -0.2) is 47.6 Å². The second-order valence-electron chi connectivity index (χ2n) is 6.09. The number of sulfonamides is 1. The molecular weight excluding hydrogens is 370 g/mol. The van der Waals surface area contributed by atoms with Crippen LogP contribution in [0.15, 0.2) is 41.6 Å². The molecule has 1 saturated heterocycles. The summed E-state index contributed by atoms with van der Waals surface area (Å²) in [7, 11) is -3.53. The van der Waals surface area contributed by atoms with E-state index in [0.29, 0.717) is 18.8 Å². The molecule has 1 aliphatic heterocycles. The SMILES string of the molecule is Cc1cnc(C(=O)NNC(=O)c2ccc(S(=O)(=O)N3CCCC3)cc2)cn1. The summed E-state index contributed by atoms with van der Waals surface area (Å²) in [4.78, 5) is 32.0. The Labute approximate surface area is 156 Å². The number of carbonyl (C=O) groups excluding carboxylic acids is 2. The van der Waals surface area contributed by atoms with E-state index in [0.717, 1.165) is 12.8 Å². The van der Waals surface area contributed by atoms with Gasteiger partial charge in [0, 0.05) is 24.8 Å². The third kappa shape index (κ3) is 4.29. The molecule has 1 fully saturated rings. The van der Waals surface area contributed by atoms with Gasteiger partial charge in [-0.1, -0.05) is 0 Å². The van der Waals surface area contributed by atoms with Crippen LogP contribution in [-0.2, 0) is 10.0 Å². The molecule has 1 aromatic carbocycles. The van der Waals surface area contributed by atoms with E-state index in [1.807, 2.05) is 0 Å². The smallest absolute Gasteiger partial charge is 0.267 e. The van der Waals surface area contributed by atoms with Gasteiger partial charge in [0.15, 0.2) is 0 Å². The summed E-state index contributed by atoms with van der Waals surface area (Å²) in [6.45, 7) is 2.76. The highest BCUT2D eigenvalue weighted by Crippen LogP contribution is 2.21. The molecule has 27 heavy (non-hydrogen) atoms. The minimum Gasteiger partial charge on any atom is -0.267 e. The van der Waals surface area contributed by atoms with E-state index in [4.69, 9.17) is 0 Å². The molecule has 1 aliphatic rings. The zero-order chi connectivity index (χ0) is 19.4. The molecule has 2 heterocycles. The molecule has 0 spiro atoms. The summed E-state index contributed by atoms with van der Waals surface area (Å²) in [6, 6.07) is 5.57. The second kappa shape index (κ2) is 7.80. The van der Waals surface area contributed by atoms with Crippen LogP contribution in [0.25, 0.3) is 0 Å². The fourth-order valence-electron chi connectivity index (χ4n) is 2.62. The first-order chi connectivity index (χ1) is 12.9. The first-order valence-corrected chi connectivity index (χ1v) is 9.81. The van der Waals surface area contributed by atoms with E-state index in [9.17, 15) is 18.0 Å². The van der Waals surface area contributed by atoms with Crippen molar-refractivity contribution in [2.45, 2.75) is 24.7 Å². The van der Waals surface area contributed by atoms with Gasteiger partial charge < -0.3 is 0 Å². The van der Waals surface area contributed by atoms with Gasteiger partial charge in [-0.2, -0.15) is 4.31 Å². The standard InChI is InChI=1S/C17H19N5O4S/c1-12-10-19-15(11-18-12)17(24)21-20-16(23)13-4-6-14(7-5-13)27(25,26)22-8-2-3-9-22/h4-7,10-11H,2-3,8-9H2,1H3,(H,20,23)(H,21,24). The molecule has 2 aromatic rings. The summed E-state index contributed by atoms with van der Waals surface area (Å²) >= 11 is 0. The molecule has 0 unspecified atom stereocenters. The van der Waals surface area contributed by atoms with Crippen molar-refractivity contribution in [2.24, 2.45) is 0 Å². The molecule has 0 atom stereocenters. The molecule has 0 saturated carbocycles. The Morgan fingerprint density at radius 3 is 2.19 bits per heavy atom. The molecule has 10 heteroatoms. The number of aromatic nitrogens is 2. The Morgan fingerprint density at radius 1 is 0.963 bits per heavy atom. The van der Waals surface area contributed by atoms with E-state index in [2.05, 4.69) is 20.8 Å². The van der Waals surface area contributed by atoms with Gasteiger partial charge in [0.05, 0.1) is 16.8 Å². The molecule has 1 aromatic heterocycles. The van der Waals surface area contributed by atoms with Gasteiger partial charge in [-0.3, -0.25) is 25.4 Å². The number of rotatable bonds is 4. The van der Waals surface area contributed by atoms with Crippen molar-refractivity contribution >= 4 is 21.8 Å². The number of amides is 2. The van der Waals surface area contributed by atoms with E-state index in [-0.39, 0.29) is 16.2 Å². The average molecular weight is 389 g/mol. The quantitative estimate of drug-likeness (QED) is 0.741. The van der Waals surface area contributed by atoms with Crippen molar-refractivity contribution in [1.29, 1.82) is 0 Å². The van der Waals surface area contributed by atoms with Gasteiger partial charge in [-0.15, -0.1) is 0 Å². The molecule has 2 amide bonds. The van der Waals surface area contributed by atoms with Crippen molar-refractivity contribution < 1.29 is 18.0 Å². The van der Waals surface area contributed by atoms with Crippen molar-refractivity contribution in [2.75, 3.05) is 13.1 Å². The molecule has 3 rings (SSSR count). The number of hydrogen-bond acceptors (Lipinski definition) is 6. The summed E-state index contributed by atoms with van der Waals surface area (Å²) in [5, 5.41) is 0. The summed E-state index contributed by atoms with van der Waals surface area (Å²) in [6.07, 6.45) is 4.45. The number of nitrogens with zero attached hydrogens (tertiary/aromatic N) is 3. The molecule has 0 radical (unpaired) electrons. The monoisotopic (exact) mass is 389 g/mol. The molecule has 0 aliphatic carbocycles. The van der Waals surface area contributed by atoms with Crippen molar-refractivity contribution in [3.8, 4) is 0 Å². The zero-order valence-electron chi connectivity index (χ0n) is 14.7. The van der Waals surface area contributed by atoms with Gasteiger partial charge in [0.25, 0.3) is 11.8 Å². The largest absolute Gasteiger partial charge is 0.289 e. The Bertz CT molecular complexity index is 936. The fraction of sp³-hybridized carbons (Fsp3) is 0.294. The third-order valence-electron chi connectivity index (χ3n) is 4.12. The highest BCUT2D eigenvalue weighted by molar-refractivity contribution is 7.89. The number of carbonyl (C=O) groups is 2. The lowest BCUT2D eigenvalue weighted by atomic mass is 10.2. The second-order valence-corrected chi connectivity index (χ2v) is 8.02. The number of benzene rings is 1. The predicted molar refractivity (Wildman–Crippen MR) is 96.1 cm³/mol. The number of hydrogen-bond donors (Lipinski definition) is 2. The van der Waals surface area contributed by atoms with Crippen molar-refractivity contribution in [3.05, 3.63) is 53.6 Å². The van der Waals surface area contributed by atoms with Crippen molar-refractivity contribution in [3.63, 3.8) is 0 Å². The molecule has 9 nitrogen and oxygen atoms in total. The summed E-state index contributed by atoms with van der Waals surface area (Å²) in [5.41, 5.74) is 5.44. The van der Waals surface area contributed by atoms with Gasteiger partial charge in [0.1, 0.15) is 5.69 Å². The van der Waals surface area contributed by atoms with Gasteiger partial charge in [-0.05, 0) is 44.0 Å². The van der Waals surface area contributed by atoms with Crippen LogP contribution in [0.3, 0.4) is 0 Å². The van der Waals surface area contributed by atoms with E-state index >= 15 is 0 Å². The lowest BCUT2D eigenvalue weighted by Gasteiger charge is -2.15. The number of aryl methyl sites for hydroxylation is 1. The number of hydrazine groups is 1. The van der Waals surface area contributed by atoms with Crippen LogP contribution in [0.1, 0.15) is 39.4 Å². The highest BCUT2D eigenvalue weighted by Gasteiger charge is 2.27. The van der Waals surface area contributed by atoms with Crippen LogP contribution >= 0.6 is 0 Å². The normalized spacial score (nSPS) is 14.7. The van der Waals surface area contributed by atoms with E-state index in [1.165, 1.54) is 41.0 Å². The molecular formula is C17H19N5O4S. The van der Waals surface area contributed by atoms with Crippen molar-refractivity contribution in [1.82, 2.24) is 25.1 Å². The highest BCUT2D eigenvalue weighted by atomic mass is 32.2. The van der Waals surface area contributed by atoms with Crippen LogP contribution in [0, 0.1) is 6.92 Å². The van der Waals surface area contributed by atoms with E-state index < -0.39 is 21.8 Å². The van der Waals surface area contributed by atoms with Crippen LogP contribution in [0.5, 0.6) is 0 Å². The lowest BCUT2D eigenvalue weighted by Crippen LogP contribution is -2.42. The lowest BCUT2D eigenvalue weighted by molar-refractivity contribution is 0.0843. The van der Waals surface area contributed by atoms with Gasteiger partial charge in [-0.25, -0.2) is 13.4 Å². The third-order valence-corrected chi connectivity index (χ3v) is 6.04. The topological polar surface area (TPSA) is 121 Å². The first kappa shape index (κ1) is 18.9. The Kier molecular flexibility index (Phi) is 5.47. The Balaban J connectivity index is 1.62. The Hall–Kier alpha value is -2.85. The van der Waals surface area contributed by atoms with Gasteiger partial charge >= 0.3 is 0 Å². The van der Waals surface area contributed by atoms with Crippen LogP contribution < -0.4 is 10.9 Å². The zero-order valence-corrected chi connectivity index (χ0v) is 15.5. The van der Waals surface area contributed by atoms with Gasteiger partial charge in [0.2, 0.25) is 10.0 Å². The maximum Gasteiger partial charge on any atom is 0.289 e. The molecule has 2 N–H and O–H groups in total. The molecule has 0 bridgehead atoms. The Morgan fingerprint density at radius 2 is 1.59 bits per heavy atom. The summed E-state index contributed by atoms with van der Waals surface area (Å²) in [5.74, 6) is -1.18. The first-order valence-electron chi connectivity index (χ1n) is 8.37. The average Bonchev–Trinajstić information content (AvgIpc) is 3.22. The van der Waals surface area contributed by atoms with Crippen LogP contribution in [0.4, 0.5) is 0 Å².